The van der Waals surface area contributed by atoms with Crippen LogP contribution < -0.4 is 4.74 Å². The number of hydrogen-bond acceptors (Lipinski definition) is 5. The second-order valence-electron chi connectivity index (χ2n) is 10.3. The number of rotatable bonds is 6. The van der Waals surface area contributed by atoms with Gasteiger partial charge in [-0.1, -0.05) is 6.08 Å². The van der Waals surface area contributed by atoms with Crippen molar-refractivity contribution in [3.8, 4) is 17.3 Å². The van der Waals surface area contributed by atoms with Crippen LogP contribution in [0.1, 0.15) is 50.5 Å². The van der Waals surface area contributed by atoms with Gasteiger partial charge in [0.15, 0.2) is 5.65 Å². The van der Waals surface area contributed by atoms with Gasteiger partial charge in [0.25, 0.3) is 6.01 Å². The SMILES string of the molecule is CN(C)C(=O)[C@H]1CC[C@H](Oc2nc3nc(-c4c(F)cc(C5=CCC(C(=O)O)CC5)cc4F)ccc3[nH]2)CC1. The number of pyridine rings is 1. The van der Waals surface area contributed by atoms with E-state index in [2.05, 4.69) is 15.0 Å². The topological polar surface area (TPSA) is 108 Å². The van der Waals surface area contributed by atoms with Crippen LogP contribution in [-0.4, -0.2) is 57.0 Å². The van der Waals surface area contributed by atoms with Crippen molar-refractivity contribution in [2.45, 2.75) is 51.0 Å². The van der Waals surface area contributed by atoms with Crippen molar-refractivity contribution < 1.29 is 28.2 Å². The Morgan fingerprint density at radius 1 is 1.03 bits per heavy atom. The van der Waals surface area contributed by atoms with Crippen molar-refractivity contribution in [1.82, 2.24) is 19.9 Å². The number of fused-ring (bicyclic) bond motifs is 1. The summed E-state index contributed by atoms with van der Waals surface area (Å²) in [5.41, 5.74) is 1.88. The van der Waals surface area contributed by atoms with Crippen molar-refractivity contribution in [2.75, 3.05) is 14.1 Å². The van der Waals surface area contributed by atoms with Crippen LogP contribution >= 0.6 is 0 Å². The minimum Gasteiger partial charge on any atom is -0.481 e. The second kappa shape index (κ2) is 10.5. The van der Waals surface area contributed by atoms with Gasteiger partial charge in [0.2, 0.25) is 5.91 Å². The number of carbonyl (C=O) groups is 2. The number of hydrogen-bond donors (Lipinski definition) is 2. The number of nitrogens with one attached hydrogen (secondary N) is 1. The zero-order valence-corrected chi connectivity index (χ0v) is 21.3. The molecule has 2 aliphatic carbocycles. The Labute approximate surface area is 218 Å². The number of H-pyrrole nitrogens is 1. The number of benzene rings is 1. The van der Waals surface area contributed by atoms with Gasteiger partial charge in [-0.05, 0) is 80.3 Å². The van der Waals surface area contributed by atoms with Gasteiger partial charge in [-0.2, -0.15) is 4.98 Å². The highest BCUT2D eigenvalue weighted by molar-refractivity contribution is 5.79. The van der Waals surface area contributed by atoms with Crippen LogP contribution in [0.5, 0.6) is 6.01 Å². The van der Waals surface area contributed by atoms with E-state index in [9.17, 15) is 9.59 Å². The predicted octanol–water partition coefficient (Wildman–Crippen LogP) is 5.20. The number of aromatic nitrogens is 3. The minimum absolute atomic E-state index is 0.0111. The average Bonchev–Trinajstić information content (AvgIpc) is 3.30. The van der Waals surface area contributed by atoms with Crippen LogP contribution in [0, 0.1) is 23.5 Å². The van der Waals surface area contributed by atoms with Crippen LogP contribution in [0.15, 0.2) is 30.3 Å². The van der Waals surface area contributed by atoms with Crippen molar-refractivity contribution in [1.29, 1.82) is 0 Å². The molecule has 38 heavy (non-hydrogen) atoms. The highest BCUT2D eigenvalue weighted by Gasteiger charge is 2.29. The molecule has 1 unspecified atom stereocenters. The number of aliphatic carboxylic acids is 1. The average molecular weight is 525 g/mol. The first kappa shape index (κ1) is 25.8. The Bertz CT molecular complexity index is 1390. The Hall–Kier alpha value is -3.82. The summed E-state index contributed by atoms with van der Waals surface area (Å²) in [6.07, 6.45) is 5.85. The van der Waals surface area contributed by atoms with Crippen LogP contribution in [0.2, 0.25) is 0 Å². The van der Waals surface area contributed by atoms with Crippen molar-refractivity contribution in [3.05, 3.63) is 47.5 Å². The van der Waals surface area contributed by atoms with E-state index in [4.69, 9.17) is 9.84 Å². The zero-order valence-electron chi connectivity index (χ0n) is 21.3. The summed E-state index contributed by atoms with van der Waals surface area (Å²) in [5.74, 6) is -2.66. The van der Waals surface area contributed by atoms with Gasteiger partial charge in [0, 0.05) is 20.0 Å². The van der Waals surface area contributed by atoms with Gasteiger partial charge >= 0.3 is 5.97 Å². The molecule has 0 spiro atoms. The van der Waals surface area contributed by atoms with E-state index in [1.54, 1.807) is 31.1 Å². The number of allylic oxidation sites excluding steroid dienone is 2. The van der Waals surface area contributed by atoms with Crippen LogP contribution in [-0.2, 0) is 9.59 Å². The van der Waals surface area contributed by atoms with E-state index in [-0.39, 0.29) is 40.8 Å². The zero-order chi connectivity index (χ0) is 27.0. The molecule has 0 aliphatic heterocycles. The fraction of sp³-hybridized carbons (Fsp3) is 0.429. The van der Waals surface area contributed by atoms with Crippen LogP contribution in [0.25, 0.3) is 28.0 Å². The first-order chi connectivity index (χ1) is 18.2. The maximum absolute atomic E-state index is 15.1. The number of imidazole rings is 1. The molecule has 3 aromatic rings. The molecule has 1 amide bonds. The lowest BCUT2D eigenvalue weighted by atomic mass is 9.86. The Balaban J connectivity index is 1.31. The number of carboxylic acid groups (broad SMARTS) is 1. The number of carbonyl (C=O) groups excluding carboxylic acids is 1. The molecule has 2 N–H and O–H groups in total. The molecule has 0 radical (unpaired) electrons. The Kier molecular flexibility index (Phi) is 7.14. The normalized spacial score (nSPS) is 21.7. The molecule has 8 nitrogen and oxygen atoms in total. The third-order valence-electron chi connectivity index (χ3n) is 7.50. The molecule has 10 heteroatoms. The summed E-state index contributed by atoms with van der Waals surface area (Å²) in [6, 6.07) is 6.02. The highest BCUT2D eigenvalue weighted by Crippen LogP contribution is 2.35. The standard InChI is InChI=1S/C28H30F2N4O4/c1-34(2)26(35)16-7-9-19(10-8-16)38-28-32-23-12-11-22(31-25(23)33-28)24-20(29)13-18(14-21(24)30)15-3-5-17(6-4-15)27(36)37/h3,11-14,16-17,19H,4-10H2,1-2H3,(H,36,37)(H,31,32,33)/t16-,17?,19-. The third kappa shape index (κ3) is 5.25. The van der Waals surface area contributed by atoms with E-state index in [1.165, 1.54) is 18.2 Å². The quantitative estimate of drug-likeness (QED) is 0.459. The molecule has 1 fully saturated rings. The summed E-state index contributed by atoms with van der Waals surface area (Å²) in [5, 5.41) is 9.16. The third-order valence-corrected chi connectivity index (χ3v) is 7.50. The maximum Gasteiger partial charge on any atom is 0.306 e. The molecule has 1 atom stereocenters. The van der Waals surface area contributed by atoms with Crippen LogP contribution in [0.3, 0.4) is 0 Å². The molecule has 1 aromatic carbocycles. The first-order valence-corrected chi connectivity index (χ1v) is 12.9. The number of aromatic amines is 1. The first-order valence-electron chi connectivity index (χ1n) is 12.9. The molecule has 2 aromatic heterocycles. The number of amides is 1. The van der Waals surface area contributed by atoms with E-state index in [0.29, 0.717) is 30.3 Å². The van der Waals surface area contributed by atoms with Gasteiger partial charge in [0.1, 0.15) is 17.7 Å². The molecule has 1 saturated carbocycles. The summed E-state index contributed by atoms with van der Waals surface area (Å²) >= 11 is 0. The summed E-state index contributed by atoms with van der Waals surface area (Å²) in [6.45, 7) is 0. The number of nitrogens with zero attached hydrogens (tertiary/aromatic N) is 3. The number of ether oxygens (including phenoxy) is 1. The second-order valence-corrected chi connectivity index (χ2v) is 10.3. The summed E-state index contributed by atoms with van der Waals surface area (Å²) in [4.78, 5) is 36.8. The number of carboxylic acids is 1. The fourth-order valence-electron chi connectivity index (χ4n) is 5.34. The Morgan fingerprint density at radius 2 is 1.74 bits per heavy atom. The Morgan fingerprint density at radius 3 is 2.34 bits per heavy atom. The lowest BCUT2D eigenvalue weighted by Gasteiger charge is -2.28. The molecule has 200 valence electrons. The largest absolute Gasteiger partial charge is 0.481 e. The number of halogens is 2. The molecule has 2 aliphatic rings. The molecule has 0 saturated heterocycles. The fourth-order valence-corrected chi connectivity index (χ4v) is 5.34. The van der Waals surface area contributed by atoms with Gasteiger partial charge in [-0.3, -0.25) is 9.59 Å². The van der Waals surface area contributed by atoms with E-state index in [1.807, 2.05) is 0 Å². The van der Waals surface area contributed by atoms with Crippen molar-refractivity contribution >= 4 is 28.6 Å². The molecular weight excluding hydrogens is 494 g/mol. The summed E-state index contributed by atoms with van der Waals surface area (Å²) < 4.78 is 36.3. The molecule has 2 heterocycles. The van der Waals surface area contributed by atoms with E-state index >= 15 is 8.78 Å². The summed E-state index contributed by atoms with van der Waals surface area (Å²) in [7, 11) is 3.53. The molecule has 5 rings (SSSR count). The van der Waals surface area contributed by atoms with E-state index in [0.717, 1.165) is 31.3 Å². The highest BCUT2D eigenvalue weighted by atomic mass is 19.1. The van der Waals surface area contributed by atoms with Gasteiger partial charge in [0.05, 0.1) is 22.7 Å². The lowest BCUT2D eigenvalue weighted by molar-refractivity contribution is -0.142. The smallest absolute Gasteiger partial charge is 0.306 e. The van der Waals surface area contributed by atoms with Gasteiger partial charge in [-0.15, -0.1) is 0 Å². The monoisotopic (exact) mass is 524 g/mol. The van der Waals surface area contributed by atoms with E-state index < -0.39 is 23.5 Å². The van der Waals surface area contributed by atoms with Gasteiger partial charge < -0.3 is 19.7 Å². The minimum atomic E-state index is -0.856. The lowest BCUT2D eigenvalue weighted by Crippen LogP contribution is -2.34. The molecular formula is C28H30F2N4O4. The molecule has 0 bridgehead atoms. The predicted molar refractivity (Wildman–Crippen MR) is 137 cm³/mol. The van der Waals surface area contributed by atoms with Crippen molar-refractivity contribution in [2.24, 2.45) is 11.8 Å². The van der Waals surface area contributed by atoms with Crippen LogP contribution in [0.4, 0.5) is 8.78 Å². The maximum atomic E-state index is 15.1. The van der Waals surface area contributed by atoms with Crippen molar-refractivity contribution in [3.63, 3.8) is 0 Å². The van der Waals surface area contributed by atoms with Gasteiger partial charge in [-0.25, -0.2) is 13.8 Å².